The number of nitrogens with zero attached hydrogens (tertiary/aromatic N) is 1. The van der Waals surface area contributed by atoms with E-state index in [4.69, 9.17) is 9.84 Å². The number of hydrogen-bond acceptors (Lipinski definition) is 5. The number of hydrogen-bond donors (Lipinski definition) is 2. The van der Waals surface area contributed by atoms with Crippen LogP contribution in [0.4, 0.5) is 15.8 Å². The summed E-state index contributed by atoms with van der Waals surface area (Å²) in [5.41, 5.74) is -0.723. The Bertz CT molecular complexity index is 605. The van der Waals surface area contributed by atoms with Crippen LogP contribution in [0.2, 0.25) is 0 Å². The van der Waals surface area contributed by atoms with Crippen LogP contribution in [0.3, 0.4) is 0 Å². The highest BCUT2D eigenvalue weighted by Crippen LogP contribution is 2.24. The maximum atomic E-state index is 13.5. The Hall–Kier alpha value is -2.55. The highest BCUT2D eigenvalue weighted by Gasteiger charge is 2.35. The van der Waals surface area contributed by atoms with E-state index in [0.717, 1.165) is 18.2 Å². The van der Waals surface area contributed by atoms with Crippen molar-refractivity contribution in [3.63, 3.8) is 0 Å². The first kappa shape index (κ1) is 14.9. The molecule has 0 unspecified atom stereocenters. The molecule has 1 aliphatic rings. The summed E-state index contributed by atoms with van der Waals surface area (Å²) in [4.78, 5) is 32.4. The number of rotatable bonds is 4. The van der Waals surface area contributed by atoms with Crippen LogP contribution in [-0.2, 0) is 14.3 Å². The molecule has 8 nitrogen and oxygen atoms in total. The summed E-state index contributed by atoms with van der Waals surface area (Å²) in [6.07, 6.45) is -1.75. The number of nitro benzene ring substituents is 1. The summed E-state index contributed by atoms with van der Waals surface area (Å²) in [6, 6.07) is 2.72. The van der Waals surface area contributed by atoms with Gasteiger partial charge in [0.15, 0.2) is 6.10 Å². The number of anilines is 1. The molecule has 9 heteroatoms. The van der Waals surface area contributed by atoms with Gasteiger partial charge in [-0.3, -0.25) is 14.9 Å². The topological polar surface area (TPSA) is 119 Å². The summed E-state index contributed by atoms with van der Waals surface area (Å²) in [5.74, 6) is -2.74. The lowest BCUT2D eigenvalue weighted by Gasteiger charge is -2.12. The predicted octanol–water partition coefficient (Wildman–Crippen LogP) is 1.30. The van der Waals surface area contributed by atoms with Gasteiger partial charge in [-0.15, -0.1) is 0 Å². The lowest BCUT2D eigenvalue weighted by Crippen LogP contribution is -2.30. The van der Waals surface area contributed by atoms with Crippen molar-refractivity contribution in [2.45, 2.75) is 25.0 Å². The van der Waals surface area contributed by atoms with Crippen LogP contribution in [0.25, 0.3) is 0 Å². The number of carbonyl (C=O) groups excluding carboxylic acids is 1. The van der Waals surface area contributed by atoms with Gasteiger partial charge < -0.3 is 15.2 Å². The van der Waals surface area contributed by atoms with Crippen molar-refractivity contribution < 1.29 is 28.7 Å². The first-order chi connectivity index (χ1) is 9.88. The fourth-order valence-electron chi connectivity index (χ4n) is 1.95. The summed E-state index contributed by atoms with van der Waals surface area (Å²) in [5, 5.41) is 21.5. The van der Waals surface area contributed by atoms with Crippen molar-refractivity contribution in [3.8, 4) is 0 Å². The van der Waals surface area contributed by atoms with Gasteiger partial charge in [0.25, 0.3) is 11.6 Å². The molecule has 1 heterocycles. The Morgan fingerprint density at radius 1 is 1.38 bits per heavy atom. The molecule has 21 heavy (non-hydrogen) atoms. The Morgan fingerprint density at radius 2 is 2.05 bits per heavy atom. The van der Waals surface area contributed by atoms with E-state index >= 15 is 0 Å². The maximum absolute atomic E-state index is 13.5. The number of carboxylic acids is 1. The Labute approximate surface area is 117 Å². The van der Waals surface area contributed by atoms with E-state index in [2.05, 4.69) is 5.32 Å². The van der Waals surface area contributed by atoms with Gasteiger partial charge in [0, 0.05) is 12.1 Å². The number of nitrogens with one attached hydrogen (secondary N) is 1. The van der Waals surface area contributed by atoms with E-state index < -0.39 is 34.8 Å². The molecule has 1 fully saturated rings. The summed E-state index contributed by atoms with van der Waals surface area (Å²) >= 11 is 0. The van der Waals surface area contributed by atoms with Gasteiger partial charge in [-0.05, 0) is 18.9 Å². The largest absolute Gasteiger partial charge is 0.479 e. The third-order valence-corrected chi connectivity index (χ3v) is 3.01. The van der Waals surface area contributed by atoms with Crippen LogP contribution in [0.1, 0.15) is 12.8 Å². The smallest absolute Gasteiger partial charge is 0.332 e. The van der Waals surface area contributed by atoms with Gasteiger partial charge in [-0.25, -0.2) is 9.18 Å². The highest BCUT2D eigenvalue weighted by molar-refractivity contribution is 5.95. The monoisotopic (exact) mass is 298 g/mol. The Morgan fingerprint density at radius 3 is 2.62 bits per heavy atom. The highest BCUT2D eigenvalue weighted by atomic mass is 19.1. The van der Waals surface area contributed by atoms with Gasteiger partial charge in [-0.1, -0.05) is 0 Å². The van der Waals surface area contributed by atoms with Crippen molar-refractivity contribution >= 4 is 23.3 Å². The van der Waals surface area contributed by atoms with E-state index in [1.807, 2.05) is 0 Å². The molecule has 0 aliphatic carbocycles. The van der Waals surface area contributed by atoms with Crippen molar-refractivity contribution in [2.75, 3.05) is 5.32 Å². The number of halogens is 1. The quantitative estimate of drug-likeness (QED) is 0.639. The zero-order valence-corrected chi connectivity index (χ0v) is 10.6. The van der Waals surface area contributed by atoms with Gasteiger partial charge in [0.2, 0.25) is 0 Å². The minimum absolute atomic E-state index is 0.171. The molecule has 0 bridgehead atoms. The first-order valence-corrected chi connectivity index (χ1v) is 6.01. The predicted molar refractivity (Wildman–Crippen MR) is 67.2 cm³/mol. The summed E-state index contributed by atoms with van der Waals surface area (Å²) in [7, 11) is 0. The average Bonchev–Trinajstić information content (AvgIpc) is 2.90. The SMILES string of the molecule is O=C(Nc1cc([N+](=O)[O-])ccc1F)[C@@H]1CC[C@H](C(=O)O)O1. The molecule has 0 spiro atoms. The second-order valence-electron chi connectivity index (χ2n) is 4.44. The van der Waals surface area contributed by atoms with Crippen LogP contribution in [-0.4, -0.2) is 34.1 Å². The fraction of sp³-hybridized carbons (Fsp3) is 0.333. The number of ether oxygens (including phenoxy) is 1. The molecular formula is C12H11FN2O6. The minimum atomic E-state index is -1.17. The molecule has 2 rings (SSSR count). The summed E-state index contributed by atoms with van der Waals surface area (Å²) < 4.78 is 18.5. The molecule has 1 saturated heterocycles. The molecule has 1 amide bonds. The number of carbonyl (C=O) groups is 2. The van der Waals surface area contributed by atoms with Crippen LogP contribution < -0.4 is 5.32 Å². The second kappa shape index (κ2) is 5.83. The lowest BCUT2D eigenvalue weighted by atomic mass is 10.2. The van der Waals surface area contributed by atoms with E-state index in [1.54, 1.807) is 0 Å². The summed E-state index contributed by atoms with van der Waals surface area (Å²) in [6.45, 7) is 0. The molecule has 0 saturated carbocycles. The zero-order chi connectivity index (χ0) is 15.6. The van der Waals surface area contributed by atoms with Crippen LogP contribution in [0.15, 0.2) is 18.2 Å². The number of amides is 1. The van der Waals surface area contributed by atoms with Crippen molar-refractivity contribution in [1.29, 1.82) is 0 Å². The van der Waals surface area contributed by atoms with E-state index in [-0.39, 0.29) is 24.2 Å². The van der Waals surface area contributed by atoms with Gasteiger partial charge in [0.05, 0.1) is 10.6 Å². The molecule has 0 aromatic heterocycles. The van der Waals surface area contributed by atoms with E-state index in [1.165, 1.54) is 0 Å². The normalized spacial score (nSPS) is 21.0. The lowest BCUT2D eigenvalue weighted by molar-refractivity contribution is -0.384. The fourth-order valence-corrected chi connectivity index (χ4v) is 1.95. The third kappa shape index (κ3) is 3.31. The molecule has 2 atom stereocenters. The molecule has 1 aromatic carbocycles. The Balaban J connectivity index is 2.08. The van der Waals surface area contributed by atoms with Crippen LogP contribution in [0, 0.1) is 15.9 Å². The third-order valence-electron chi connectivity index (χ3n) is 3.01. The van der Waals surface area contributed by atoms with Crippen molar-refractivity contribution in [2.24, 2.45) is 0 Å². The zero-order valence-electron chi connectivity index (χ0n) is 10.6. The van der Waals surface area contributed by atoms with Crippen LogP contribution >= 0.6 is 0 Å². The number of nitro groups is 1. The van der Waals surface area contributed by atoms with E-state index in [0.29, 0.717) is 0 Å². The molecule has 0 radical (unpaired) electrons. The van der Waals surface area contributed by atoms with Gasteiger partial charge in [0.1, 0.15) is 11.9 Å². The Kier molecular flexibility index (Phi) is 4.13. The number of benzene rings is 1. The second-order valence-corrected chi connectivity index (χ2v) is 4.44. The van der Waals surface area contributed by atoms with Crippen LogP contribution in [0.5, 0.6) is 0 Å². The number of aliphatic carboxylic acids is 1. The van der Waals surface area contributed by atoms with Crippen molar-refractivity contribution in [1.82, 2.24) is 0 Å². The molecule has 1 aliphatic heterocycles. The molecular weight excluding hydrogens is 287 g/mol. The molecule has 112 valence electrons. The number of carboxylic acid groups (broad SMARTS) is 1. The van der Waals surface area contributed by atoms with Crippen molar-refractivity contribution in [3.05, 3.63) is 34.1 Å². The molecule has 1 aromatic rings. The maximum Gasteiger partial charge on any atom is 0.332 e. The van der Waals surface area contributed by atoms with Gasteiger partial charge >= 0.3 is 5.97 Å². The van der Waals surface area contributed by atoms with Gasteiger partial charge in [-0.2, -0.15) is 0 Å². The molecule has 2 N–H and O–H groups in total. The minimum Gasteiger partial charge on any atom is -0.479 e. The first-order valence-electron chi connectivity index (χ1n) is 6.01. The number of non-ortho nitro benzene ring substituents is 1. The average molecular weight is 298 g/mol. The standard InChI is InChI=1S/C12H11FN2O6/c13-7-2-1-6(15(19)20)5-8(7)14-11(16)9-3-4-10(21-9)12(17)18/h1-2,5,9-10H,3-4H2,(H,14,16)(H,17,18)/t9-,10+/m0/s1. The van der Waals surface area contributed by atoms with E-state index in [9.17, 15) is 24.1 Å².